The summed E-state index contributed by atoms with van der Waals surface area (Å²) in [7, 11) is 0. The van der Waals surface area contributed by atoms with E-state index in [1.54, 1.807) is 13.8 Å². The Morgan fingerprint density at radius 1 is 1.53 bits per heavy atom. The van der Waals surface area contributed by atoms with Crippen molar-refractivity contribution in [3.8, 4) is 12.3 Å². The van der Waals surface area contributed by atoms with Crippen molar-refractivity contribution < 1.29 is 14.7 Å². The average Bonchev–Trinajstić information content (AvgIpc) is 2.15. The van der Waals surface area contributed by atoms with Crippen molar-refractivity contribution >= 4 is 11.9 Å². The van der Waals surface area contributed by atoms with Crippen LogP contribution < -0.4 is 11.1 Å². The molecule has 0 aromatic carbocycles. The van der Waals surface area contributed by atoms with Gasteiger partial charge in [0.2, 0.25) is 5.91 Å². The smallest absolute Gasteiger partial charge is 0.327 e. The predicted octanol–water partition coefficient (Wildman–Crippen LogP) is -0.438. The molecule has 0 aromatic rings. The minimum atomic E-state index is -1.16. The number of nitrogens with two attached hydrogens (primary N) is 1. The molecule has 15 heavy (non-hydrogen) atoms. The molecule has 1 amide bonds. The molecule has 0 aromatic heterocycles. The van der Waals surface area contributed by atoms with Gasteiger partial charge in [0, 0.05) is 6.42 Å². The quantitative estimate of drug-likeness (QED) is 0.539. The van der Waals surface area contributed by atoms with Crippen LogP contribution >= 0.6 is 0 Å². The molecule has 5 heteroatoms. The van der Waals surface area contributed by atoms with Crippen LogP contribution in [0, 0.1) is 18.3 Å². The largest absolute Gasteiger partial charge is 0.480 e. The van der Waals surface area contributed by atoms with Crippen LogP contribution in [0.4, 0.5) is 0 Å². The first-order chi connectivity index (χ1) is 6.90. The Morgan fingerprint density at radius 2 is 2.07 bits per heavy atom. The summed E-state index contributed by atoms with van der Waals surface area (Å²) in [6.45, 7) is 3.56. The molecule has 84 valence electrons. The Bertz CT molecular complexity index is 281. The van der Waals surface area contributed by atoms with Crippen LogP contribution in [0.1, 0.15) is 20.3 Å². The van der Waals surface area contributed by atoms with Gasteiger partial charge in [-0.25, -0.2) is 4.79 Å². The summed E-state index contributed by atoms with van der Waals surface area (Å²) in [6.07, 6.45) is 4.93. The lowest BCUT2D eigenvalue weighted by molar-refractivity contribution is -0.142. The Labute approximate surface area is 89.0 Å². The van der Waals surface area contributed by atoms with Crippen LogP contribution in [0.15, 0.2) is 0 Å². The summed E-state index contributed by atoms with van der Waals surface area (Å²) in [5, 5.41) is 11.0. The van der Waals surface area contributed by atoms with Gasteiger partial charge < -0.3 is 16.2 Å². The molecule has 0 aliphatic heterocycles. The molecule has 0 saturated heterocycles. The molecule has 2 atom stereocenters. The lowest BCUT2D eigenvalue weighted by Crippen LogP contribution is -2.50. The van der Waals surface area contributed by atoms with E-state index in [1.807, 2.05) is 0 Å². The molecular formula is C10H16N2O3. The fraction of sp³-hybridized carbons (Fsp3) is 0.600. The standard InChI is InChI=1S/C10H16N2O3/c1-4-5-7(10(14)15)12-9(13)8(11)6(2)3/h1,6-8H,5,11H2,2-3H3,(H,12,13)(H,14,15)/t7?,8-/m1/s1. The third kappa shape index (κ3) is 4.47. The van der Waals surface area contributed by atoms with E-state index in [-0.39, 0.29) is 12.3 Å². The van der Waals surface area contributed by atoms with Crippen molar-refractivity contribution in [2.75, 3.05) is 0 Å². The number of carbonyl (C=O) groups is 2. The molecule has 0 heterocycles. The van der Waals surface area contributed by atoms with Gasteiger partial charge in [0.25, 0.3) is 0 Å². The van der Waals surface area contributed by atoms with Gasteiger partial charge in [-0.2, -0.15) is 0 Å². The number of nitrogens with one attached hydrogen (secondary N) is 1. The molecule has 5 nitrogen and oxygen atoms in total. The zero-order chi connectivity index (χ0) is 12.0. The van der Waals surface area contributed by atoms with E-state index in [1.165, 1.54) is 0 Å². The molecule has 0 aliphatic rings. The fourth-order valence-corrected chi connectivity index (χ4v) is 0.889. The SMILES string of the molecule is C#CCC(NC(=O)[C@H](N)C(C)C)C(=O)O. The molecule has 0 rings (SSSR count). The van der Waals surface area contributed by atoms with Gasteiger partial charge in [-0.05, 0) is 5.92 Å². The van der Waals surface area contributed by atoms with Crippen molar-refractivity contribution in [3.63, 3.8) is 0 Å². The highest BCUT2D eigenvalue weighted by Crippen LogP contribution is 1.99. The second-order valence-electron chi connectivity index (χ2n) is 3.58. The zero-order valence-corrected chi connectivity index (χ0v) is 8.86. The maximum atomic E-state index is 11.4. The van der Waals surface area contributed by atoms with E-state index in [2.05, 4.69) is 11.2 Å². The van der Waals surface area contributed by atoms with Gasteiger partial charge in [-0.15, -0.1) is 12.3 Å². The average molecular weight is 212 g/mol. The first-order valence-corrected chi connectivity index (χ1v) is 4.62. The summed E-state index contributed by atoms with van der Waals surface area (Å²) in [4.78, 5) is 22.1. The summed E-state index contributed by atoms with van der Waals surface area (Å²) in [5.74, 6) is 0.487. The second kappa shape index (κ2) is 6.04. The Hall–Kier alpha value is -1.54. The molecule has 0 spiro atoms. The molecule has 0 saturated carbocycles. The minimum Gasteiger partial charge on any atom is -0.480 e. The van der Waals surface area contributed by atoms with Gasteiger partial charge in [0.15, 0.2) is 0 Å². The maximum Gasteiger partial charge on any atom is 0.327 e. The minimum absolute atomic E-state index is 0.0497. The molecule has 0 bridgehead atoms. The summed E-state index contributed by atoms with van der Waals surface area (Å²) < 4.78 is 0. The van der Waals surface area contributed by atoms with Crippen LogP contribution in [0.3, 0.4) is 0 Å². The lowest BCUT2D eigenvalue weighted by atomic mass is 10.0. The number of carboxylic acids is 1. The van der Waals surface area contributed by atoms with Gasteiger partial charge in [0.05, 0.1) is 6.04 Å². The number of carboxylic acid groups (broad SMARTS) is 1. The first-order valence-electron chi connectivity index (χ1n) is 4.62. The molecule has 0 aliphatic carbocycles. The highest BCUT2D eigenvalue weighted by atomic mass is 16.4. The number of carbonyl (C=O) groups excluding carboxylic acids is 1. The Balaban J connectivity index is 4.36. The van der Waals surface area contributed by atoms with E-state index in [0.717, 1.165) is 0 Å². The fourth-order valence-electron chi connectivity index (χ4n) is 0.889. The van der Waals surface area contributed by atoms with Crippen molar-refractivity contribution in [1.29, 1.82) is 0 Å². The Kier molecular flexibility index (Phi) is 5.42. The second-order valence-corrected chi connectivity index (χ2v) is 3.58. The third-order valence-electron chi connectivity index (χ3n) is 1.96. The van der Waals surface area contributed by atoms with Crippen LogP contribution in [0.25, 0.3) is 0 Å². The van der Waals surface area contributed by atoms with Gasteiger partial charge in [-0.1, -0.05) is 13.8 Å². The summed E-state index contributed by atoms with van der Waals surface area (Å²) in [6, 6.07) is -1.78. The van der Waals surface area contributed by atoms with E-state index in [0.29, 0.717) is 0 Å². The Morgan fingerprint density at radius 3 is 2.40 bits per heavy atom. The van der Waals surface area contributed by atoms with E-state index in [9.17, 15) is 9.59 Å². The molecule has 0 fully saturated rings. The number of hydrogen-bond acceptors (Lipinski definition) is 3. The summed E-state index contributed by atoms with van der Waals surface area (Å²) in [5.41, 5.74) is 5.55. The zero-order valence-electron chi connectivity index (χ0n) is 8.86. The number of terminal acetylenes is 1. The third-order valence-corrected chi connectivity index (χ3v) is 1.96. The van der Waals surface area contributed by atoms with Crippen molar-refractivity contribution in [2.24, 2.45) is 11.7 Å². The number of aliphatic carboxylic acids is 1. The van der Waals surface area contributed by atoms with Crippen LogP contribution in [-0.4, -0.2) is 29.1 Å². The molecular weight excluding hydrogens is 196 g/mol. The highest BCUT2D eigenvalue weighted by molar-refractivity contribution is 5.87. The van der Waals surface area contributed by atoms with Crippen molar-refractivity contribution in [1.82, 2.24) is 5.32 Å². The normalized spacial score (nSPS) is 14.1. The van der Waals surface area contributed by atoms with Gasteiger partial charge in [0.1, 0.15) is 6.04 Å². The van der Waals surface area contributed by atoms with Crippen molar-refractivity contribution in [2.45, 2.75) is 32.4 Å². The van der Waals surface area contributed by atoms with Gasteiger partial charge >= 0.3 is 5.97 Å². The monoisotopic (exact) mass is 212 g/mol. The van der Waals surface area contributed by atoms with E-state index >= 15 is 0 Å². The number of rotatable bonds is 5. The van der Waals surface area contributed by atoms with Crippen LogP contribution in [0.5, 0.6) is 0 Å². The number of hydrogen-bond donors (Lipinski definition) is 3. The lowest BCUT2D eigenvalue weighted by Gasteiger charge is -2.18. The topological polar surface area (TPSA) is 92.4 Å². The molecule has 4 N–H and O–H groups in total. The molecule has 0 radical (unpaired) electrons. The van der Waals surface area contributed by atoms with E-state index < -0.39 is 24.0 Å². The maximum absolute atomic E-state index is 11.4. The van der Waals surface area contributed by atoms with Crippen LogP contribution in [-0.2, 0) is 9.59 Å². The summed E-state index contributed by atoms with van der Waals surface area (Å²) >= 11 is 0. The number of amides is 1. The first kappa shape index (κ1) is 13.5. The van der Waals surface area contributed by atoms with E-state index in [4.69, 9.17) is 17.3 Å². The predicted molar refractivity (Wildman–Crippen MR) is 55.8 cm³/mol. The van der Waals surface area contributed by atoms with Crippen molar-refractivity contribution in [3.05, 3.63) is 0 Å². The highest BCUT2D eigenvalue weighted by Gasteiger charge is 2.23. The molecule has 1 unspecified atom stereocenters. The van der Waals surface area contributed by atoms with Crippen LogP contribution in [0.2, 0.25) is 0 Å². The van der Waals surface area contributed by atoms with Gasteiger partial charge in [-0.3, -0.25) is 4.79 Å².